The van der Waals surface area contributed by atoms with Crippen molar-refractivity contribution in [3.63, 3.8) is 0 Å². The quantitative estimate of drug-likeness (QED) is 0.508. The molecule has 2 aliphatic rings. The van der Waals surface area contributed by atoms with Gasteiger partial charge in [-0.3, -0.25) is 9.59 Å². The predicted octanol–water partition coefficient (Wildman–Crippen LogP) is 4.45. The van der Waals surface area contributed by atoms with Gasteiger partial charge in [0.15, 0.2) is 0 Å². The molecule has 3 N–H and O–H groups in total. The number of carbonyl (C=O) groups excluding carboxylic acids is 2. The fourth-order valence-corrected chi connectivity index (χ4v) is 4.86. The number of carboxylic acid groups (broad SMARTS) is 1. The van der Waals surface area contributed by atoms with Crippen LogP contribution < -0.4 is 10.6 Å². The third-order valence-corrected chi connectivity index (χ3v) is 7.36. The molecule has 0 aliphatic heterocycles. The average molecular weight is 465 g/mol. The number of nitrogens with one attached hydrogen (secondary N) is 2. The van der Waals surface area contributed by atoms with Crippen molar-refractivity contribution in [2.45, 2.75) is 63.5 Å². The van der Waals surface area contributed by atoms with Crippen LogP contribution >= 0.6 is 0 Å². The molecule has 7 heteroatoms. The summed E-state index contributed by atoms with van der Waals surface area (Å²) < 4.78 is 5.61. The van der Waals surface area contributed by atoms with E-state index in [1.165, 1.54) is 0 Å². The van der Waals surface area contributed by atoms with Crippen molar-refractivity contribution in [3.8, 4) is 11.1 Å². The summed E-state index contributed by atoms with van der Waals surface area (Å²) in [6, 6.07) is 15.8. The van der Waals surface area contributed by atoms with Crippen LogP contribution in [-0.2, 0) is 14.3 Å². The van der Waals surface area contributed by atoms with Crippen LogP contribution in [0.3, 0.4) is 0 Å². The van der Waals surface area contributed by atoms with Crippen LogP contribution in [0.2, 0.25) is 0 Å². The first-order chi connectivity index (χ1) is 16.3. The van der Waals surface area contributed by atoms with Gasteiger partial charge in [0.25, 0.3) is 0 Å². The molecule has 180 valence electrons. The van der Waals surface area contributed by atoms with Crippen LogP contribution in [0.1, 0.15) is 63.0 Å². The third-order valence-electron chi connectivity index (χ3n) is 7.36. The lowest BCUT2D eigenvalue weighted by Gasteiger charge is -2.36. The van der Waals surface area contributed by atoms with Gasteiger partial charge in [0.05, 0.1) is 6.42 Å². The maximum absolute atomic E-state index is 13.1. The van der Waals surface area contributed by atoms with Crippen molar-refractivity contribution in [3.05, 3.63) is 59.7 Å². The number of hydrogen-bond donors (Lipinski definition) is 3. The minimum Gasteiger partial charge on any atom is -0.481 e. The van der Waals surface area contributed by atoms with Crippen LogP contribution in [0, 0.1) is 5.92 Å². The Balaban J connectivity index is 1.40. The van der Waals surface area contributed by atoms with E-state index in [9.17, 15) is 19.5 Å². The fourth-order valence-electron chi connectivity index (χ4n) is 4.86. The smallest absolute Gasteiger partial charge is 0.408 e. The molecule has 2 atom stereocenters. The summed E-state index contributed by atoms with van der Waals surface area (Å²) in [6.07, 6.45) is 2.40. The number of fused-ring (bicyclic) bond motifs is 3. The second-order valence-corrected chi connectivity index (χ2v) is 9.51. The Hall–Kier alpha value is -3.35. The van der Waals surface area contributed by atoms with E-state index in [0.29, 0.717) is 6.42 Å². The summed E-state index contributed by atoms with van der Waals surface area (Å²) in [5.74, 6) is -1.24. The highest BCUT2D eigenvalue weighted by Crippen LogP contribution is 2.44. The number of amides is 2. The van der Waals surface area contributed by atoms with E-state index in [2.05, 4.69) is 22.8 Å². The first-order valence-electron chi connectivity index (χ1n) is 12.0. The van der Waals surface area contributed by atoms with Gasteiger partial charge in [-0.2, -0.15) is 0 Å². The molecule has 0 bridgehead atoms. The van der Waals surface area contributed by atoms with Crippen molar-refractivity contribution < 1.29 is 24.2 Å². The Labute approximate surface area is 199 Å². The molecule has 0 heterocycles. The van der Waals surface area contributed by atoms with Gasteiger partial charge in [-0.1, -0.05) is 61.9 Å². The summed E-state index contributed by atoms with van der Waals surface area (Å²) in [5.41, 5.74) is 3.31. The molecule has 0 spiro atoms. The number of ether oxygens (including phenoxy) is 1. The monoisotopic (exact) mass is 464 g/mol. The Bertz CT molecular complexity index is 1030. The number of alkyl carbamates (subject to hydrolysis) is 1. The SMILES string of the molecule is CCC(C)(NC(=O)OCC1c2ccccc2-c2ccccc21)C(=O)NC(CC(=O)O)C1CCC1. The lowest BCUT2D eigenvalue weighted by atomic mass is 9.78. The van der Waals surface area contributed by atoms with E-state index in [1.807, 2.05) is 36.4 Å². The zero-order valence-electron chi connectivity index (χ0n) is 19.7. The molecular weight excluding hydrogens is 432 g/mol. The highest BCUT2D eigenvalue weighted by atomic mass is 16.5. The van der Waals surface area contributed by atoms with E-state index in [0.717, 1.165) is 41.5 Å². The second kappa shape index (κ2) is 9.87. The number of benzene rings is 2. The Morgan fingerprint density at radius 3 is 2.15 bits per heavy atom. The summed E-state index contributed by atoms with van der Waals surface area (Å²) in [6.45, 7) is 3.60. The van der Waals surface area contributed by atoms with Crippen molar-refractivity contribution in [1.82, 2.24) is 10.6 Å². The highest BCUT2D eigenvalue weighted by molar-refractivity contribution is 5.90. The number of hydrogen-bond acceptors (Lipinski definition) is 4. The summed E-state index contributed by atoms with van der Waals surface area (Å²) in [4.78, 5) is 37.1. The van der Waals surface area contributed by atoms with Gasteiger partial charge in [-0.05, 0) is 54.4 Å². The largest absolute Gasteiger partial charge is 0.481 e. The molecule has 7 nitrogen and oxygen atoms in total. The van der Waals surface area contributed by atoms with Crippen molar-refractivity contribution in [2.24, 2.45) is 5.92 Å². The summed E-state index contributed by atoms with van der Waals surface area (Å²) in [5, 5.41) is 14.9. The second-order valence-electron chi connectivity index (χ2n) is 9.51. The molecule has 34 heavy (non-hydrogen) atoms. The molecule has 0 aromatic heterocycles. The fraction of sp³-hybridized carbons (Fsp3) is 0.444. The van der Waals surface area contributed by atoms with Crippen molar-refractivity contribution in [1.29, 1.82) is 0 Å². The lowest BCUT2D eigenvalue weighted by molar-refractivity contribution is -0.138. The van der Waals surface area contributed by atoms with E-state index in [-0.39, 0.29) is 30.8 Å². The van der Waals surface area contributed by atoms with Gasteiger partial charge >= 0.3 is 12.1 Å². The molecule has 2 aromatic carbocycles. The Morgan fingerprint density at radius 1 is 1.06 bits per heavy atom. The third kappa shape index (κ3) is 4.79. The summed E-state index contributed by atoms with van der Waals surface area (Å²) in [7, 11) is 0. The lowest BCUT2D eigenvalue weighted by Crippen LogP contribution is -2.59. The molecule has 2 aliphatic carbocycles. The Morgan fingerprint density at radius 2 is 1.65 bits per heavy atom. The number of carbonyl (C=O) groups is 3. The molecule has 2 unspecified atom stereocenters. The number of carboxylic acids is 1. The van der Waals surface area contributed by atoms with Gasteiger partial charge < -0.3 is 20.5 Å². The van der Waals surface area contributed by atoms with Gasteiger partial charge in [0.1, 0.15) is 12.1 Å². The maximum atomic E-state index is 13.1. The van der Waals surface area contributed by atoms with Crippen molar-refractivity contribution >= 4 is 18.0 Å². The number of rotatable bonds is 9. The first-order valence-corrected chi connectivity index (χ1v) is 12.0. The van der Waals surface area contributed by atoms with Crippen LogP contribution in [0.5, 0.6) is 0 Å². The molecule has 1 saturated carbocycles. The van der Waals surface area contributed by atoms with Crippen LogP contribution in [-0.4, -0.2) is 41.3 Å². The van der Waals surface area contributed by atoms with E-state index >= 15 is 0 Å². The van der Waals surface area contributed by atoms with Gasteiger partial charge in [0, 0.05) is 12.0 Å². The van der Waals surface area contributed by atoms with E-state index < -0.39 is 23.6 Å². The normalized spacial score (nSPS) is 17.5. The average Bonchev–Trinajstić information content (AvgIpc) is 3.09. The molecule has 2 amide bonds. The molecule has 1 fully saturated rings. The maximum Gasteiger partial charge on any atom is 0.408 e. The number of aliphatic carboxylic acids is 1. The molecule has 2 aromatic rings. The van der Waals surface area contributed by atoms with Gasteiger partial charge in [-0.25, -0.2) is 4.79 Å². The minimum atomic E-state index is -1.21. The van der Waals surface area contributed by atoms with Crippen molar-refractivity contribution in [2.75, 3.05) is 6.61 Å². The summed E-state index contributed by atoms with van der Waals surface area (Å²) >= 11 is 0. The van der Waals surface area contributed by atoms with Crippen LogP contribution in [0.25, 0.3) is 11.1 Å². The first kappa shape index (κ1) is 23.8. The molecule has 0 saturated heterocycles. The van der Waals surface area contributed by atoms with Crippen LogP contribution in [0.15, 0.2) is 48.5 Å². The van der Waals surface area contributed by atoms with E-state index in [1.54, 1.807) is 13.8 Å². The highest BCUT2D eigenvalue weighted by Gasteiger charge is 2.38. The topological polar surface area (TPSA) is 105 Å². The van der Waals surface area contributed by atoms with Crippen LogP contribution in [0.4, 0.5) is 4.79 Å². The minimum absolute atomic E-state index is 0.0709. The Kier molecular flexibility index (Phi) is 6.91. The molecule has 0 radical (unpaired) electrons. The van der Waals surface area contributed by atoms with Gasteiger partial charge in [-0.15, -0.1) is 0 Å². The van der Waals surface area contributed by atoms with E-state index in [4.69, 9.17) is 4.74 Å². The molecular formula is C27H32N2O5. The predicted molar refractivity (Wildman–Crippen MR) is 128 cm³/mol. The zero-order chi connectivity index (χ0) is 24.3. The zero-order valence-corrected chi connectivity index (χ0v) is 19.7. The molecule has 4 rings (SSSR count). The van der Waals surface area contributed by atoms with Gasteiger partial charge in [0.2, 0.25) is 5.91 Å². The standard InChI is InChI=1S/C27H32N2O5/c1-3-27(2,25(32)28-23(15-24(30)31)17-9-8-10-17)29-26(33)34-16-22-20-13-6-4-11-18(20)19-12-5-7-14-21(19)22/h4-7,11-14,17,22-23H,3,8-10,15-16H2,1-2H3,(H,28,32)(H,29,33)(H,30,31).